The Labute approximate surface area is 175 Å². The molecule has 1 aromatic heterocycles. The number of urea groups is 1. The van der Waals surface area contributed by atoms with Gasteiger partial charge < -0.3 is 15.6 Å². The third-order valence-electron chi connectivity index (χ3n) is 5.98. The predicted molar refractivity (Wildman–Crippen MR) is 115 cm³/mol. The summed E-state index contributed by atoms with van der Waals surface area (Å²) in [4.78, 5) is 27.0. The molecule has 1 saturated heterocycles. The first-order valence-corrected chi connectivity index (χ1v) is 10.2. The number of halogens is 1. The van der Waals surface area contributed by atoms with Crippen molar-refractivity contribution in [3.8, 4) is 0 Å². The van der Waals surface area contributed by atoms with Crippen molar-refractivity contribution in [2.24, 2.45) is 5.92 Å². The number of aromatic nitrogens is 2. The van der Waals surface area contributed by atoms with Crippen molar-refractivity contribution >= 4 is 30.5 Å². The number of aryl methyl sites for hydroxylation is 1. The molecule has 0 radical (unpaired) electrons. The van der Waals surface area contributed by atoms with Crippen LogP contribution in [-0.4, -0.2) is 52.5 Å². The van der Waals surface area contributed by atoms with Gasteiger partial charge in [-0.3, -0.25) is 9.80 Å². The molecular weight excluding hydrogens is 386 g/mol. The Morgan fingerprint density at radius 3 is 2.73 bits per heavy atom. The van der Waals surface area contributed by atoms with Gasteiger partial charge >= 0.3 is 13.1 Å². The van der Waals surface area contributed by atoms with E-state index in [0.29, 0.717) is 17.9 Å². The Morgan fingerprint density at radius 1 is 1.33 bits per heavy atom. The highest BCUT2D eigenvalue weighted by Gasteiger charge is 2.37. The van der Waals surface area contributed by atoms with Crippen LogP contribution >= 0.6 is 0 Å². The van der Waals surface area contributed by atoms with E-state index in [-0.39, 0.29) is 30.1 Å². The number of benzene rings is 1. The molecule has 0 spiro atoms. The summed E-state index contributed by atoms with van der Waals surface area (Å²) in [5, 5.41) is 9.79. The molecule has 1 fully saturated rings. The third-order valence-corrected chi connectivity index (χ3v) is 5.98. The first kappa shape index (κ1) is 20.6. The third kappa shape index (κ3) is 3.84. The minimum Gasteiger partial charge on any atom is -0.437 e. The molecule has 0 atom stereocenters. The smallest absolute Gasteiger partial charge is 0.376 e. The molecular formula is C20H26BFN6O2. The SMILES string of the molecule is CB(O)N1CCC(CN2C(=O)N(c3c(C)cccc3F)Cc3cnc(N)nc32)CC1. The maximum Gasteiger partial charge on any atom is 0.376 e. The number of anilines is 3. The molecule has 2 aromatic rings. The van der Waals surface area contributed by atoms with Crippen LogP contribution in [0.2, 0.25) is 6.82 Å². The van der Waals surface area contributed by atoms with Gasteiger partial charge in [0.15, 0.2) is 0 Å². The Morgan fingerprint density at radius 2 is 2.07 bits per heavy atom. The van der Waals surface area contributed by atoms with Crippen molar-refractivity contribution in [2.45, 2.75) is 33.1 Å². The maximum atomic E-state index is 14.7. The fourth-order valence-corrected chi connectivity index (χ4v) is 4.30. The summed E-state index contributed by atoms with van der Waals surface area (Å²) in [5.74, 6) is 0.407. The number of carbonyl (C=O) groups is 1. The van der Waals surface area contributed by atoms with Gasteiger partial charge in [0.05, 0.1) is 12.2 Å². The van der Waals surface area contributed by atoms with Crippen LogP contribution in [-0.2, 0) is 6.54 Å². The van der Waals surface area contributed by atoms with Gasteiger partial charge in [0.2, 0.25) is 5.95 Å². The van der Waals surface area contributed by atoms with Crippen LogP contribution in [0.1, 0.15) is 24.0 Å². The van der Waals surface area contributed by atoms with Crippen LogP contribution in [0.4, 0.5) is 26.6 Å². The second-order valence-corrected chi connectivity index (χ2v) is 8.07. The van der Waals surface area contributed by atoms with Crippen molar-refractivity contribution in [3.63, 3.8) is 0 Å². The minimum absolute atomic E-state index is 0.103. The minimum atomic E-state index is -0.477. The van der Waals surface area contributed by atoms with E-state index in [1.807, 2.05) is 4.81 Å². The topological polar surface area (TPSA) is 98.8 Å². The molecule has 4 rings (SSSR count). The molecule has 2 aliphatic heterocycles. The van der Waals surface area contributed by atoms with Crippen LogP contribution in [0.15, 0.2) is 24.4 Å². The number of nitrogens with zero attached hydrogens (tertiary/aromatic N) is 5. The summed E-state index contributed by atoms with van der Waals surface area (Å²) in [5.41, 5.74) is 7.49. The Balaban J connectivity index is 1.65. The lowest BCUT2D eigenvalue weighted by Gasteiger charge is -2.40. The number of hydrogen-bond donors (Lipinski definition) is 2. The molecule has 2 amide bonds. The van der Waals surface area contributed by atoms with Gasteiger partial charge in [0.1, 0.15) is 11.6 Å². The molecule has 10 heteroatoms. The van der Waals surface area contributed by atoms with Crippen molar-refractivity contribution in [1.82, 2.24) is 14.8 Å². The highest BCUT2D eigenvalue weighted by Crippen LogP contribution is 2.34. The zero-order valence-corrected chi connectivity index (χ0v) is 17.3. The highest BCUT2D eigenvalue weighted by atomic mass is 19.1. The van der Waals surface area contributed by atoms with E-state index >= 15 is 0 Å². The molecule has 3 heterocycles. The fraction of sp³-hybridized carbons (Fsp3) is 0.450. The summed E-state index contributed by atoms with van der Waals surface area (Å²) < 4.78 is 14.7. The summed E-state index contributed by atoms with van der Waals surface area (Å²) in [7, 11) is -0.477. The molecule has 2 aliphatic rings. The Hall–Kier alpha value is -2.72. The molecule has 3 N–H and O–H groups in total. The van der Waals surface area contributed by atoms with Crippen LogP contribution in [0.5, 0.6) is 0 Å². The summed E-state index contributed by atoms with van der Waals surface area (Å²) in [6.07, 6.45) is 3.31. The van der Waals surface area contributed by atoms with E-state index in [0.717, 1.165) is 31.5 Å². The fourth-order valence-electron chi connectivity index (χ4n) is 4.30. The number of fused-ring (bicyclic) bond motifs is 1. The summed E-state index contributed by atoms with van der Waals surface area (Å²) in [6.45, 7) is 5.72. The number of carbonyl (C=O) groups excluding carboxylic acids is 1. The van der Waals surface area contributed by atoms with Crippen LogP contribution < -0.4 is 15.5 Å². The first-order valence-electron chi connectivity index (χ1n) is 10.2. The predicted octanol–water partition coefficient (Wildman–Crippen LogP) is 2.28. The molecule has 158 valence electrons. The Kier molecular flexibility index (Phi) is 5.61. The van der Waals surface area contributed by atoms with E-state index in [1.54, 1.807) is 37.0 Å². The largest absolute Gasteiger partial charge is 0.437 e. The van der Waals surface area contributed by atoms with Gasteiger partial charge in [-0.1, -0.05) is 12.1 Å². The van der Waals surface area contributed by atoms with Crippen LogP contribution in [0.25, 0.3) is 0 Å². The molecule has 0 aliphatic carbocycles. The summed E-state index contributed by atoms with van der Waals surface area (Å²) in [6, 6.07) is 4.47. The zero-order chi connectivity index (χ0) is 21.4. The van der Waals surface area contributed by atoms with E-state index < -0.39 is 12.9 Å². The lowest BCUT2D eigenvalue weighted by Crippen LogP contribution is -2.51. The van der Waals surface area contributed by atoms with Gasteiger partial charge in [-0.25, -0.2) is 14.2 Å². The monoisotopic (exact) mass is 412 g/mol. The number of rotatable bonds is 4. The molecule has 0 bridgehead atoms. The lowest BCUT2D eigenvalue weighted by molar-refractivity contribution is 0.236. The second kappa shape index (κ2) is 8.19. The number of para-hydroxylation sites is 1. The van der Waals surface area contributed by atoms with Crippen molar-refractivity contribution in [2.75, 3.05) is 35.2 Å². The van der Waals surface area contributed by atoms with Crippen LogP contribution in [0.3, 0.4) is 0 Å². The van der Waals surface area contributed by atoms with E-state index in [9.17, 15) is 14.2 Å². The van der Waals surface area contributed by atoms with Gasteiger partial charge in [-0.2, -0.15) is 4.98 Å². The number of amides is 2. The molecule has 8 nitrogen and oxygen atoms in total. The molecule has 0 unspecified atom stereocenters. The quantitative estimate of drug-likeness (QED) is 0.748. The standard InChI is InChI=1S/C20H26BFN6O2/c1-13-4-3-5-16(22)17(13)27-12-15-10-24-19(23)25-18(15)28(20(27)29)11-14-6-8-26(9-7-14)21(2)30/h3-5,10,14,30H,6-9,11-12H2,1-2H3,(H2,23,24,25). The van der Waals surface area contributed by atoms with Gasteiger partial charge in [0.25, 0.3) is 0 Å². The van der Waals surface area contributed by atoms with E-state index in [1.165, 1.54) is 11.0 Å². The number of nitrogens with two attached hydrogens (primary N) is 1. The number of piperidine rings is 1. The average Bonchev–Trinajstić information content (AvgIpc) is 2.71. The van der Waals surface area contributed by atoms with Crippen molar-refractivity contribution in [1.29, 1.82) is 0 Å². The molecule has 0 saturated carbocycles. The van der Waals surface area contributed by atoms with Gasteiger partial charge in [0, 0.05) is 18.3 Å². The first-order chi connectivity index (χ1) is 14.3. The van der Waals surface area contributed by atoms with Gasteiger partial charge in [-0.15, -0.1) is 0 Å². The Bertz CT molecular complexity index is 931. The second-order valence-electron chi connectivity index (χ2n) is 8.07. The number of hydrogen-bond acceptors (Lipinski definition) is 6. The lowest BCUT2D eigenvalue weighted by atomic mass is 9.81. The maximum absolute atomic E-state index is 14.7. The number of nitrogen functional groups attached to an aromatic ring is 1. The molecule has 1 aromatic carbocycles. The van der Waals surface area contributed by atoms with Crippen molar-refractivity contribution < 1.29 is 14.2 Å². The van der Waals surface area contributed by atoms with E-state index in [4.69, 9.17) is 5.73 Å². The van der Waals surface area contributed by atoms with Gasteiger partial charge in [-0.05, 0) is 57.2 Å². The van der Waals surface area contributed by atoms with E-state index in [2.05, 4.69) is 9.97 Å². The molecule has 30 heavy (non-hydrogen) atoms. The van der Waals surface area contributed by atoms with Crippen LogP contribution in [0, 0.1) is 18.7 Å². The average molecular weight is 412 g/mol. The normalized spacial score (nSPS) is 17.9. The van der Waals surface area contributed by atoms with Crippen molar-refractivity contribution in [3.05, 3.63) is 41.3 Å². The summed E-state index contributed by atoms with van der Waals surface area (Å²) >= 11 is 0. The zero-order valence-electron chi connectivity index (χ0n) is 17.3. The highest BCUT2D eigenvalue weighted by molar-refractivity contribution is 6.45.